The number of hydrogen-bond donors (Lipinski definition) is 1. The molecule has 3 rings (SSSR count). The van der Waals surface area contributed by atoms with Crippen LogP contribution in [0.25, 0.3) is 17.0 Å². The molecule has 0 aliphatic carbocycles. The van der Waals surface area contributed by atoms with Crippen LogP contribution in [0.2, 0.25) is 0 Å². The third kappa shape index (κ3) is 3.61. The van der Waals surface area contributed by atoms with Gasteiger partial charge >= 0.3 is 5.97 Å². The second-order valence-corrected chi connectivity index (χ2v) is 7.58. The number of hydrogen-bond acceptors (Lipinski definition) is 5. The maximum Gasteiger partial charge on any atom is 0.303 e. The molecule has 6 nitrogen and oxygen atoms in total. The van der Waals surface area contributed by atoms with E-state index >= 15 is 0 Å². The van der Waals surface area contributed by atoms with Crippen molar-refractivity contribution in [2.45, 2.75) is 12.8 Å². The number of nitrogens with zero attached hydrogens (tertiary/aromatic N) is 2. The van der Waals surface area contributed by atoms with Gasteiger partial charge in [0, 0.05) is 42.7 Å². The zero-order valence-electron chi connectivity index (χ0n) is 14.4. The van der Waals surface area contributed by atoms with Crippen molar-refractivity contribution in [1.82, 2.24) is 9.47 Å². The Balaban J connectivity index is 1.88. The second kappa shape index (κ2) is 7.51. The molecule has 0 radical (unpaired) electrons. The molecule has 1 aromatic carbocycles. The molecule has 1 aromatic heterocycles. The summed E-state index contributed by atoms with van der Waals surface area (Å²) in [6, 6.07) is 5.81. The van der Waals surface area contributed by atoms with Gasteiger partial charge in [-0.1, -0.05) is 24.0 Å². The van der Waals surface area contributed by atoms with Crippen LogP contribution in [0.3, 0.4) is 0 Å². The van der Waals surface area contributed by atoms with Crippen molar-refractivity contribution in [3.63, 3.8) is 0 Å². The number of benzene rings is 1. The molecule has 1 fully saturated rings. The maximum atomic E-state index is 12.6. The predicted octanol–water partition coefficient (Wildman–Crippen LogP) is 3.25. The molecule has 0 spiro atoms. The highest BCUT2D eigenvalue weighted by Gasteiger charge is 2.31. The van der Waals surface area contributed by atoms with Gasteiger partial charge in [-0.15, -0.1) is 0 Å². The Morgan fingerprint density at radius 3 is 2.88 bits per heavy atom. The molecule has 136 valence electrons. The quantitative estimate of drug-likeness (QED) is 0.603. The Bertz CT molecular complexity index is 933. The maximum absolute atomic E-state index is 12.6. The normalized spacial score (nSPS) is 16.1. The van der Waals surface area contributed by atoms with Crippen molar-refractivity contribution in [3.8, 4) is 5.75 Å². The van der Waals surface area contributed by atoms with Crippen molar-refractivity contribution >= 4 is 57.2 Å². The van der Waals surface area contributed by atoms with Gasteiger partial charge in [0.15, 0.2) is 0 Å². The number of carboxylic acids is 1. The molecule has 0 bridgehead atoms. The highest BCUT2D eigenvalue weighted by molar-refractivity contribution is 8.26. The number of aryl methyl sites for hydroxylation is 1. The van der Waals surface area contributed by atoms with Gasteiger partial charge < -0.3 is 14.4 Å². The molecule has 1 amide bonds. The van der Waals surface area contributed by atoms with Crippen LogP contribution in [0.15, 0.2) is 29.3 Å². The number of carbonyl (C=O) groups is 2. The summed E-state index contributed by atoms with van der Waals surface area (Å²) >= 11 is 6.53. The van der Waals surface area contributed by atoms with Crippen LogP contribution in [0.5, 0.6) is 5.75 Å². The summed E-state index contributed by atoms with van der Waals surface area (Å²) in [5, 5.41) is 9.74. The third-order valence-corrected chi connectivity index (χ3v) is 5.54. The number of aliphatic carboxylic acids is 1. The molecule has 1 saturated heterocycles. The minimum Gasteiger partial charge on any atom is -0.497 e. The number of carboxylic acid groups (broad SMARTS) is 1. The molecule has 0 saturated carbocycles. The Morgan fingerprint density at radius 2 is 2.19 bits per heavy atom. The van der Waals surface area contributed by atoms with E-state index in [1.54, 1.807) is 7.11 Å². The second-order valence-electron chi connectivity index (χ2n) is 5.91. The molecule has 0 atom stereocenters. The standard InChI is InChI=1S/C18H18N2O4S2/c1-19-10-11(13-9-12(24-2)5-6-14(13)19)8-15-17(23)20(18(25)26-15)7-3-4-16(21)22/h5-6,8-10H,3-4,7H2,1-2H3,(H,21,22)/b15-8-. The lowest BCUT2D eigenvalue weighted by Crippen LogP contribution is -2.29. The molecule has 1 aliphatic heterocycles. The summed E-state index contributed by atoms with van der Waals surface area (Å²) in [5.74, 6) is -0.305. The van der Waals surface area contributed by atoms with Gasteiger partial charge in [0.1, 0.15) is 10.1 Å². The highest BCUT2D eigenvalue weighted by atomic mass is 32.2. The number of aromatic nitrogens is 1. The largest absolute Gasteiger partial charge is 0.497 e. The van der Waals surface area contributed by atoms with E-state index in [0.717, 1.165) is 22.2 Å². The van der Waals surface area contributed by atoms with Crippen molar-refractivity contribution in [3.05, 3.63) is 34.9 Å². The number of thioether (sulfide) groups is 1. The van der Waals surface area contributed by atoms with Crippen LogP contribution < -0.4 is 4.74 Å². The van der Waals surface area contributed by atoms with Gasteiger partial charge in [-0.2, -0.15) is 0 Å². The van der Waals surface area contributed by atoms with E-state index in [0.29, 0.717) is 22.2 Å². The fourth-order valence-corrected chi connectivity index (χ4v) is 4.17. The molecule has 0 unspecified atom stereocenters. The topological polar surface area (TPSA) is 71.8 Å². The molecule has 2 heterocycles. The predicted molar refractivity (Wildman–Crippen MR) is 106 cm³/mol. The summed E-state index contributed by atoms with van der Waals surface area (Å²) < 4.78 is 7.75. The zero-order chi connectivity index (χ0) is 18.8. The molecular formula is C18H18N2O4S2. The van der Waals surface area contributed by atoms with Crippen LogP contribution in [0, 0.1) is 0 Å². The minimum atomic E-state index is -0.879. The number of thiocarbonyl (C=S) groups is 1. The van der Waals surface area contributed by atoms with Gasteiger partial charge in [-0.3, -0.25) is 14.5 Å². The van der Waals surface area contributed by atoms with Crippen molar-refractivity contribution in [2.75, 3.05) is 13.7 Å². The lowest BCUT2D eigenvalue weighted by molar-refractivity contribution is -0.137. The fourth-order valence-electron chi connectivity index (χ4n) is 2.87. The van der Waals surface area contributed by atoms with E-state index < -0.39 is 5.97 Å². The van der Waals surface area contributed by atoms with Crippen LogP contribution >= 0.6 is 24.0 Å². The third-order valence-electron chi connectivity index (χ3n) is 4.16. The van der Waals surface area contributed by atoms with Crippen molar-refractivity contribution in [1.29, 1.82) is 0 Å². The van der Waals surface area contributed by atoms with E-state index in [-0.39, 0.29) is 12.3 Å². The average Bonchev–Trinajstić information content (AvgIpc) is 3.05. The molecule has 26 heavy (non-hydrogen) atoms. The monoisotopic (exact) mass is 390 g/mol. The fraction of sp³-hybridized carbons (Fsp3) is 0.278. The van der Waals surface area contributed by atoms with Crippen molar-refractivity contribution in [2.24, 2.45) is 7.05 Å². The molecule has 8 heteroatoms. The Labute approximate surface area is 160 Å². The lowest BCUT2D eigenvalue weighted by atomic mass is 10.1. The number of methoxy groups -OCH3 is 1. The van der Waals surface area contributed by atoms with Gasteiger partial charge in [0.25, 0.3) is 5.91 Å². The van der Waals surface area contributed by atoms with Crippen LogP contribution in [0.4, 0.5) is 0 Å². The summed E-state index contributed by atoms with van der Waals surface area (Å²) in [6.07, 6.45) is 4.18. The van der Waals surface area contributed by atoms with Gasteiger partial charge in [-0.05, 0) is 30.7 Å². The first-order valence-electron chi connectivity index (χ1n) is 8.01. The number of ether oxygens (including phenoxy) is 1. The smallest absolute Gasteiger partial charge is 0.303 e. The summed E-state index contributed by atoms with van der Waals surface area (Å²) in [4.78, 5) is 25.3. The SMILES string of the molecule is COc1ccc2c(c1)c(/C=C1\SC(=S)N(CCCC(=O)O)C1=O)cn2C. The van der Waals surface area contributed by atoms with Crippen molar-refractivity contribution < 1.29 is 19.4 Å². The van der Waals surface area contributed by atoms with E-state index in [2.05, 4.69) is 0 Å². The molecular weight excluding hydrogens is 372 g/mol. The first-order valence-corrected chi connectivity index (χ1v) is 9.23. The average molecular weight is 390 g/mol. The summed E-state index contributed by atoms with van der Waals surface area (Å²) in [5.41, 5.74) is 1.95. The summed E-state index contributed by atoms with van der Waals surface area (Å²) in [7, 11) is 3.56. The highest BCUT2D eigenvalue weighted by Crippen LogP contribution is 2.35. The number of amides is 1. The zero-order valence-corrected chi connectivity index (χ0v) is 16.0. The number of fused-ring (bicyclic) bond motifs is 1. The molecule has 1 aliphatic rings. The Hall–Kier alpha value is -2.32. The lowest BCUT2D eigenvalue weighted by Gasteiger charge is -2.13. The van der Waals surface area contributed by atoms with E-state index in [1.807, 2.05) is 42.1 Å². The van der Waals surface area contributed by atoms with E-state index in [9.17, 15) is 9.59 Å². The minimum absolute atomic E-state index is 0.0131. The van der Waals surface area contributed by atoms with Gasteiger partial charge in [0.05, 0.1) is 12.0 Å². The van der Waals surface area contributed by atoms with E-state index in [1.165, 1.54) is 16.7 Å². The van der Waals surface area contributed by atoms with E-state index in [4.69, 9.17) is 22.1 Å². The van der Waals surface area contributed by atoms with Gasteiger partial charge in [-0.25, -0.2) is 0 Å². The number of rotatable bonds is 6. The number of carbonyl (C=O) groups excluding carboxylic acids is 1. The summed E-state index contributed by atoms with van der Waals surface area (Å²) in [6.45, 7) is 0.317. The Kier molecular flexibility index (Phi) is 5.33. The Morgan fingerprint density at radius 1 is 1.42 bits per heavy atom. The van der Waals surface area contributed by atoms with Crippen LogP contribution in [-0.2, 0) is 16.6 Å². The van der Waals surface area contributed by atoms with Crippen LogP contribution in [-0.4, -0.2) is 44.4 Å². The first-order chi connectivity index (χ1) is 12.4. The van der Waals surface area contributed by atoms with Crippen LogP contribution in [0.1, 0.15) is 18.4 Å². The van der Waals surface area contributed by atoms with Gasteiger partial charge in [0.2, 0.25) is 0 Å². The molecule has 1 N–H and O–H groups in total. The molecule has 2 aromatic rings. The first kappa shape index (κ1) is 18.5.